The molecular formula is C44H58N2O8Si3. The highest BCUT2D eigenvalue weighted by atomic mass is 28.5. The van der Waals surface area contributed by atoms with Gasteiger partial charge in [0.05, 0.1) is 37.8 Å². The van der Waals surface area contributed by atoms with Gasteiger partial charge in [-0.3, -0.25) is 9.98 Å². The number of nitrogens with zero attached hydrogens (tertiary/aromatic N) is 2. The first-order chi connectivity index (χ1) is 27.4. The lowest BCUT2D eigenvalue weighted by Crippen LogP contribution is -2.52. The van der Waals surface area contributed by atoms with E-state index < -0.39 is 25.2 Å². The average molecular weight is 827 g/mol. The highest BCUT2D eigenvalue weighted by Gasteiger charge is 2.39. The molecule has 4 aromatic rings. The summed E-state index contributed by atoms with van der Waals surface area (Å²) in [5.41, 5.74) is 3.77. The second kappa shape index (κ2) is 20.1. The summed E-state index contributed by atoms with van der Waals surface area (Å²) in [7, 11) is -6.23. The van der Waals surface area contributed by atoms with Gasteiger partial charge in [0.2, 0.25) is 0 Å². The molecule has 2 saturated heterocycles. The molecule has 10 nitrogen and oxygen atoms in total. The van der Waals surface area contributed by atoms with Gasteiger partial charge in [0, 0.05) is 12.4 Å². The van der Waals surface area contributed by atoms with Gasteiger partial charge >= 0.3 is 8.56 Å². The maximum atomic E-state index is 6.84. The molecule has 304 valence electrons. The van der Waals surface area contributed by atoms with Crippen LogP contribution in [-0.4, -0.2) is 89.5 Å². The Morgan fingerprint density at radius 2 is 0.842 bits per heavy atom. The largest absolute Gasteiger partial charge is 0.494 e. The summed E-state index contributed by atoms with van der Waals surface area (Å²) in [4.78, 5) is 9.18. The zero-order chi connectivity index (χ0) is 40.1. The first kappa shape index (κ1) is 42.5. The fourth-order valence-electron chi connectivity index (χ4n) is 6.39. The monoisotopic (exact) mass is 826 g/mol. The molecular weight excluding hydrogens is 769 g/mol. The van der Waals surface area contributed by atoms with Crippen LogP contribution >= 0.6 is 0 Å². The number of aliphatic imine (C=N–C) groups is 2. The smallest absolute Gasteiger partial charge is 0.311 e. The van der Waals surface area contributed by atoms with Crippen LogP contribution in [0.5, 0.6) is 23.0 Å². The SMILES string of the molecule is C[Si](C)(CCCOc1ccc(C=Nc2ccc(OCC3CO3)cc2)cc1)O[Si](C)(C)O[Si](C)(C)CCCOc1ccc(C=Nc2ccc(OCC3CO3)cc2)cc1. The summed E-state index contributed by atoms with van der Waals surface area (Å²) in [5.74, 6) is 3.37. The molecule has 0 amide bonds. The molecule has 0 bridgehead atoms. The molecule has 2 unspecified atom stereocenters. The summed E-state index contributed by atoms with van der Waals surface area (Å²) in [6.07, 6.45) is 6.08. The van der Waals surface area contributed by atoms with E-state index in [2.05, 4.69) is 49.3 Å². The Morgan fingerprint density at radius 1 is 0.509 bits per heavy atom. The fourth-order valence-corrected chi connectivity index (χ4v) is 20.4. The van der Waals surface area contributed by atoms with E-state index in [0.29, 0.717) is 26.4 Å². The van der Waals surface area contributed by atoms with Gasteiger partial charge in [0.1, 0.15) is 48.4 Å². The number of ether oxygens (including phenoxy) is 6. The van der Waals surface area contributed by atoms with E-state index in [4.69, 9.17) is 36.7 Å². The van der Waals surface area contributed by atoms with Crippen LogP contribution in [0.3, 0.4) is 0 Å². The maximum Gasteiger partial charge on any atom is 0.311 e. The zero-order valence-corrected chi connectivity index (χ0v) is 37.3. The number of epoxide rings is 2. The third kappa shape index (κ3) is 16.0. The van der Waals surface area contributed by atoms with Crippen molar-refractivity contribution in [3.63, 3.8) is 0 Å². The van der Waals surface area contributed by atoms with E-state index in [-0.39, 0.29) is 12.2 Å². The van der Waals surface area contributed by atoms with Crippen LogP contribution in [0.25, 0.3) is 0 Å². The lowest BCUT2D eigenvalue weighted by molar-refractivity contribution is 0.263. The maximum absolute atomic E-state index is 6.84. The van der Waals surface area contributed by atoms with Crippen LogP contribution < -0.4 is 18.9 Å². The van der Waals surface area contributed by atoms with Crippen LogP contribution in [0, 0.1) is 0 Å². The zero-order valence-electron chi connectivity index (χ0n) is 34.3. The number of rotatable bonds is 24. The molecule has 0 aromatic heterocycles. The third-order valence-corrected chi connectivity index (χ3v) is 20.7. The Hall–Kier alpha value is -4.09. The quantitative estimate of drug-likeness (QED) is 0.0298. The second-order valence-electron chi connectivity index (χ2n) is 16.2. The van der Waals surface area contributed by atoms with Crippen LogP contribution in [-0.2, 0) is 17.7 Å². The minimum absolute atomic E-state index is 0.245. The first-order valence-corrected chi connectivity index (χ1v) is 29.1. The second-order valence-corrected chi connectivity index (χ2v) is 28.7. The lowest BCUT2D eigenvalue weighted by atomic mass is 10.2. The molecule has 13 heteroatoms. The van der Waals surface area contributed by atoms with Gasteiger partial charge in [-0.25, -0.2) is 0 Å². The van der Waals surface area contributed by atoms with Crippen molar-refractivity contribution in [1.29, 1.82) is 0 Å². The van der Waals surface area contributed by atoms with Crippen molar-refractivity contribution < 1.29 is 36.7 Å². The van der Waals surface area contributed by atoms with Crippen molar-refractivity contribution in [2.45, 2.75) is 76.4 Å². The van der Waals surface area contributed by atoms with E-state index in [9.17, 15) is 0 Å². The van der Waals surface area contributed by atoms with Crippen molar-refractivity contribution in [2.75, 3.05) is 39.6 Å². The molecule has 2 aliphatic rings. The number of hydrogen-bond donors (Lipinski definition) is 0. The van der Waals surface area contributed by atoms with Crippen LogP contribution in [0.1, 0.15) is 24.0 Å². The van der Waals surface area contributed by atoms with Crippen LogP contribution in [0.15, 0.2) is 107 Å². The summed E-state index contributed by atoms with van der Waals surface area (Å²) < 4.78 is 47.6. The van der Waals surface area contributed by atoms with E-state index in [1.54, 1.807) is 0 Å². The number of hydrogen-bond acceptors (Lipinski definition) is 10. The van der Waals surface area contributed by atoms with Gasteiger partial charge in [-0.2, -0.15) is 0 Å². The molecule has 2 fully saturated rings. The minimum Gasteiger partial charge on any atom is -0.494 e. The molecule has 0 radical (unpaired) electrons. The normalized spacial score (nSPS) is 16.9. The van der Waals surface area contributed by atoms with Gasteiger partial charge < -0.3 is 36.7 Å². The van der Waals surface area contributed by atoms with Gasteiger partial charge in [0.15, 0.2) is 16.6 Å². The summed E-state index contributed by atoms with van der Waals surface area (Å²) in [6.45, 7) is 17.6. The van der Waals surface area contributed by atoms with Gasteiger partial charge in [-0.15, -0.1) is 0 Å². The standard InChI is InChI=1S/C44H58N2O8Si3/c1-55(2,27-7-25-47-39-17-9-35(10-18-39)29-45-37-13-21-41(22-14-37)49-31-43-33-51-43)53-57(5,6)54-56(3,4)28-8-26-48-40-19-11-36(12-20-40)30-46-38-15-23-42(24-16-38)50-32-44-34-52-44/h9-24,29-30,43-44H,7-8,25-28,31-34H2,1-6H3. The molecule has 0 aliphatic carbocycles. The Bertz CT molecular complexity index is 1740. The first-order valence-electron chi connectivity index (χ1n) is 20.0. The Morgan fingerprint density at radius 3 is 1.19 bits per heavy atom. The summed E-state index contributed by atoms with van der Waals surface area (Å²) >= 11 is 0. The van der Waals surface area contributed by atoms with E-state index in [0.717, 1.165) is 83.6 Å². The topological polar surface area (TPSA) is 105 Å². The van der Waals surface area contributed by atoms with E-state index in [1.165, 1.54) is 0 Å². The van der Waals surface area contributed by atoms with Gasteiger partial charge in [0.25, 0.3) is 0 Å². The predicted octanol–water partition coefficient (Wildman–Crippen LogP) is 10.1. The van der Waals surface area contributed by atoms with E-state index in [1.807, 2.05) is 109 Å². The van der Waals surface area contributed by atoms with Gasteiger partial charge in [-0.1, -0.05) is 0 Å². The van der Waals surface area contributed by atoms with Crippen LogP contribution in [0.2, 0.25) is 51.4 Å². The molecule has 2 heterocycles. The molecule has 6 rings (SSSR count). The third-order valence-electron chi connectivity index (χ3n) is 9.26. The molecule has 2 aliphatic heterocycles. The van der Waals surface area contributed by atoms with Crippen molar-refractivity contribution in [3.8, 4) is 23.0 Å². The van der Waals surface area contributed by atoms with Gasteiger partial charge in [-0.05, 0) is 172 Å². The highest BCUT2D eigenvalue weighted by molar-refractivity contribution is 6.87. The average Bonchev–Trinajstić information content (AvgIpc) is 4.12. The van der Waals surface area contributed by atoms with Crippen LogP contribution in [0.4, 0.5) is 11.4 Å². The van der Waals surface area contributed by atoms with Crippen molar-refractivity contribution in [2.24, 2.45) is 9.98 Å². The van der Waals surface area contributed by atoms with Crippen molar-refractivity contribution in [3.05, 3.63) is 108 Å². The number of benzene rings is 4. The molecule has 2 atom stereocenters. The Kier molecular flexibility index (Phi) is 15.0. The lowest BCUT2D eigenvalue weighted by Gasteiger charge is -2.38. The molecule has 0 saturated carbocycles. The fraction of sp³-hybridized carbons (Fsp3) is 0.409. The molecule has 0 spiro atoms. The Balaban J connectivity index is 0.836. The molecule has 57 heavy (non-hydrogen) atoms. The minimum atomic E-state index is -2.32. The molecule has 4 aromatic carbocycles. The summed E-state index contributed by atoms with van der Waals surface area (Å²) in [6, 6.07) is 33.6. The van der Waals surface area contributed by atoms with Crippen molar-refractivity contribution >= 4 is 49.0 Å². The molecule has 0 N–H and O–H groups in total. The van der Waals surface area contributed by atoms with Crippen molar-refractivity contribution in [1.82, 2.24) is 0 Å². The summed E-state index contributed by atoms with van der Waals surface area (Å²) in [5, 5.41) is 0. The van der Waals surface area contributed by atoms with E-state index >= 15 is 0 Å². The highest BCUT2D eigenvalue weighted by Crippen LogP contribution is 2.27. The Labute approximate surface area is 341 Å². The predicted molar refractivity (Wildman–Crippen MR) is 235 cm³/mol.